The first-order valence-electron chi connectivity index (χ1n) is 17.4. The molecule has 3 aromatic carbocycles. The predicted octanol–water partition coefficient (Wildman–Crippen LogP) is 6.47. The Hall–Kier alpha value is -3.51. The average molecular weight is 725 g/mol. The van der Waals surface area contributed by atoms with Crippen molar-refractivity contribution in [1.29, 1.82) is 0 Å². The fraction of sp³-hybridized carbons (Fsp3) is 0.462. The summed E-state index contributed by atoms with van der Waals surface area (Å²) in [5.74, 6) is 0.271. The molecule has 1 aromatic heterocycles. The van der Waals surface area contributed by atoms with Crippen molar-refractivity contribution < 1.29 is 35.8 Å². The zero-order valence-electron chi connectivity index (χ0n) is 29.9. The topological polar surface area (TPSA) is 128 Å². The van der Waals surface area contributed by atoms with Gasteiger partial charge in [0.1, 0.15) is 5.75 Å². The molecular formula is C39H52N2O7S2. The van der Waals surface area contributed by atoms with Gasteiger partial charge in [0.05, 0.1) is 33.5 Å². The van der Waals surface area contributed by atoms with Gasteiger partial charge < -0.3 is 19.3 Å². The molecule has 1 N–H and O–H groups in total. The van der Waals surface area contributed by atoms with Gasteiger partial charge in [-0.25, -0.2) is 16.8 Å². The zero-order chi connectivity index (χ0) is 36.5. The molecule has 0 aliphatic carbocycles. The number of unbranched alkanes of at least 4 members (excludes halogenated alkanes) is 2. The fourth-order valence-electron chi connectivity index (χ4n) is 7.00. The molecule has 0 spiro atoms. The number of para-hydroxylation sites is 1. The molecule has 9 nitrogen and oxygen atoms in total. The molecule has 0 saturated heterocycles. The number of aliphatic hydroxyl groups is 1. The van der Waals surface area contributed by atoms with E-state index < -0.39 is 37.4 Å². The van der Waals surface area contributed by atoms with Crippen LogP contribution in [-0.2, 0) is 26.5 Å². The first-order valence-corrected chi connectivity index (χ1v) is 20.9. The molecule has 0 saturated carbocycles. The maximum Gasteiger partial charge on any atom is 0.212 e. The van der Waals surface area contributed by atoms with Gasteiger partial charge >= 0.3 is 0 Å². The van der Waals surface area contributed by atoms with Gasteiger partial charge in [-0.05, 0) is 66.4 Å². The number of pyridine rings is 1. The Morgan fingerprint density at radius 1 is 0.940 bits per heavy atom. The predicted molar refractivity (Wildman–Crippen MR) is 198 cm³/mol. The third kappa shape index (κ3) is 10.1. The highest BCUT2D eigenvalue weighted by atomic mass is 32.2. The van der Waals surface area contributed by atoms with E-state index in [1.165, 1.54) is 10.9 Å². The minimum atomic E-state index is -3.92. The van der Waals surface area contributed by atoms with Crippen LogP contribution >= 0.6 is 0 Å². The monoisotopic (exact) mass is 724 g/mol. The van der Waals surface area contributed by atoms with Crippen LogP contribution in [-0.4, -0.2) is 65.3 Å². The summed E-state index contributed by atoms with van der Waals surface area (Å²) < 4.78 is 63.8. The van der Waals surface area contributed by atoms with Crippen LogP contribution < -0.4 is 14.2 Å². The lowest BCUT2D eigenvalue weighted by Crippen LogP contribution is -2.43. The lowest BCUT2D eigenvalue weighted by atomic mass is 9.68. The molecule has 0 amide bonds. The Bertz CT molecular complexity index is 1910. The summed E-state index contributed by atoms with van der Waals surface area (Å²) in [6.45, 7) is 5.68. The number of hydrogen-bond acceptors (Lipinski definition) is 8. The number of aliphatic hydroxyl groups excluding tert-OH is 1. The Labute approximate surface area is 298 Å². The van der Waals surface area contributed by atoms with E-state index in [2.05, 4.69) is 61.0 Å². The van der Waals surface area contributed by atoms with Crippen LogP contribution in [0.5, 0.6) is 5.75 Å². The summed E-state index contributed by atoms with van der Waals surface area (Å²) in [5.41, 5.74) is 3.00. The Kier molecular flexibility index (Phi) is 13.5. The number of anilines is 1. The van der Waals surface area contributed by atoms with Gasteiger partial charge in [-0.1, -0.05) is 63.8 Å². The van der Waals surface area contributed by atoms with E-state index in [0.717, 1.165) is 55.6 Å². The SMILES string of the molecule is CCCCC1(CCCC)CS(=O)(=O)c2ccc(N(C)C)cc2[C@@H](c2ccc(OCCC[n+]3cccc4ccccc43)cc2)[C@H]1O.CS(=O)(=O)[O-]. The van der Waals surface area contributed by atoms with Crippen LogP contribution in [0.2, 0.25) is 0 Å². The molecule has 4 aromatic rings. The summed E-state index contributed by atoms with van der Waals surface area (Å²) in [6, 6.07) is 26.1. The average Bonchev–Trinajstić information content (AvgIpc) is 3.14. The van der Waals surface area contributed by atoms with E-state index in [1.807, 2.05) is 55.4 Å². The minimum Gasteiger partial charge on any atom is -0.748 e. The van der Waals surface area contributed by atoms with E-state index in [1.54, 1.807) is 6.07 Å². The van der Waals surface area contributed by atoms with Crippen molar-refractivity contribution in [3.63, 3.8) is 0 Å². The number of rotatable bonds is 13. The highest BCUT2D eigenvalue weighted by Crippen LogP contribution is 2.50. The van der Waals surface area contributed by atoms with Crippen LogP contribution in [0.3, 0.4) is 0 Å². The minimum absolute atomic E-state index is 0.0259. The number of aryl methyl sites for hydroxylation is 1. The maximum absolute atomic E-state index is 14.1. The molecule has 0 radical (unpaired) electrons. The molecule has 50 heavy (non-hydrogen) atoms. The largest absolute Gasteiger partial charge is 0.748 e. The standard InChI is InChI=1S/C38H49N2O4S.CH4O3S/c1-5-7-22-38(23-8-6-2)28-45(42,43)35-21-18-31(39(3)4)27-33(35)36(37(38)41)30-16-19-32(20-17-30)44-26-12-25-40-24-11-14-29-13-9-10-15-34(29)40;1-5(2,3)4/h9-11,13-21,24,27,36-37,41H,5-8,12,22-23,25-26,28H2,1-4H3;1H3,(H,2,3,4)/q+1;/p-1/t36-,37-;/m1./s1. The zero-order valence-corrected chi connectivity index (χ0v) is 31.5. The molecule has 1 aliphatic heterocycles. The quantitative estimate of drug-likeness (QED) is 0.0945. The van der Waals surface area contributed by atoms with Crippen LogP contribution in [0.1, 0.15) is 75.8 Å². The molecule has 0 bridgehead atoms. The molecule has 2 heterocycles. The van der Waals surface area contributed by atoms with E-state index in [9.17, 15) is 13.5 Å². The third-order valence-corrected chi connectivity index (χ3v) is 11.5. The normalized spacial score (nSPS) is 18.0. The summed E-state index contributed by atoms with van der Waals surface area (Å²) in [6.07, 6.45) is 7.77. The van der Waals surface area contributed by atoms with Crippen LogP contribution in [0.4, 0.5) is 5.69 Å². The number of aromatic nitrogens is 1. The van der Waals surface area contributed by atoms with Crippen molar-refractivity contribution >= 4 is 36.5 Å². The van der Waals surface area contributed by atoms with Gasteiger partial charge in [0.2, 0.25) is 5.52 Å². The van der Waals surface area contributed by atoms with E-state index in [4.69, 9.17) is 17.7 Å². The summed E-state index contributed by atoms with van der Waals surface area (Å²) in [4.78, 5) is 2.33. The Morgan fingerprint density at radius 3 is 2.18 bits per heavy atom. The van der Waals surface area contributed by atoms with Gasteiger partial charge in [-0.15, -0.1) is 0 Å². The lowest BCUT2D eigenvalue weighted by molar-refractivity contribution is -0.671. The fourth-order valence-corrected chi connectivity index (χ4v) is 9.19. The summed E-state index contributed by atoms with van der Waals surface area (Å²) >= 11 is 0. The number of benzene rings is 3. The second-order valence-corrected chi connectivity index (χ2v) is 17.0. The van der Waals surface area contributed by atoms with Gasteiger partial charge in [-0.2, -0.15) is 4.57 Å². The highest BCUT2D eigenvalue weighted by molar-refractivity contribution is 7.91. The molecule has 272 valence electrons. The molecule has 0 fully saturated rings. The van der Waals surface area contributed by atoms with Crippen LogP contribution in [0.25, 0.3) is 10.9 Å². The molecule has 2 atom stereocenters. The van der Waals surface area contributed by atoms with Crippen LogP contribution in [0.15, 0.2) is 90.0 Å². The molecule has 5 rings (SSSR count). The first kappa shape index (κ1) is 39.3. The van der Waals surface area contributed by atoms with Crippen LogP contribution in [0, 0.1) is 5.41 Å². The van der Waals surface area contributed by atoms with Gasteiger partial charge in [0.15, 0.2) is 22.6 Å². The second-order valence-electron chi connectivity index (χ2n) is 13.6. The second kappa shape index (κ2) is 17.1. The van der Waals surface area contributed by atoms with Crippen molar-refractivity contribution in [2.75, 3.05) is 37.6 Å². The smallest absolute Gasteiger partial charge is 0.212 e. The highest BCUT2D eigenvalue weighted by Gasteiger charge is 2.49. The Balaban J connectivity index is 0.00000105. The van der Waals surface area contributed by atoms with Crippen molar-refractivity contribution in [2.45, 2.75) is 82.3 Å². The third-order valence-electron chi connectivity index (χ3n) is 9.50. The van der Waals surface area contributed by atoms with E-state index in [-0.39, 0.29) is 5.75 Å². The lowest BCUT2D eigenvalue weighted by Gasteiger charge is -2.40. The number of fused-ring (bicyclic) bond motifs is 2. The van der Waals surface area contributed by atoms with Gasteiger partial charge in [0.25, 0.3) is 0 Å². The molecule has 11 heteroatoms. The van der Waals surface area contributed by atoms with Gasteiger partial charge in [0, 0.05) is 61.3 Å². The summed E-state index contributed by atoms with van der Waals surface area (Å²) in [7, 11) is -3.64. The number of hydrogen-bond donors (Lipinski definition) is 1. The first-order chi connectivity index (χ1) is 23.7. The molecule has 0 unspecified atom stereocenters. The van der Waals surface area contributed by atoms with E-state index >= 15 is 0 Å². The molecule has 1 aliphatic rings. The van der Waals surface area contributed by atoms with E-state index in [0.29, 0.717) is 36.2 Å². The Morgan fingerprint density at radius 2 is 1.56 bits per heavy atom. The van der Waals surface area contributed by atoms with Crippen molar-refractivity contribution in [3.05, 3.63) is 96.2 Å². The number of ether oxygens (including phenoxy) is 1. The van der Waals surface area contributed by atoms with Crippen molar-refractivity contribution in [1.82, 2.24) is 0 Å². The number of sulfone groups is 1. The summed E-state index contributed by atoms with van der Waals surface area (Å²) in [5, 5.41) is 13.6. The van der Waals surface area contributed by atoms with Crippen molar-refractivity contribution in [2.24, 2.45) is 5.41 Å². The maximum atomic E-state index is 14.1. The number of nitrogens with zero attached hydrogens (tertiary/aromatic N) is 2. The molecular weight excluding hydrogens is 673 g/mol. The van der Waals surface area contributed by atoms with Crippen molar-refractivity contribution in [3.8, 4) is 5.75 Å². The van der Waals surface area contributed by atoms with Gasteiger partial charge in [-0.3, -0.25) is 0 Å².